The van der Waals surface area contributed by atoms with E-state index in [1.807, 2.05) is 0 Å². The lowest BCUT2D eigenvalue weighted by Gasteiger charge is -2.08. The minimum Gasteiger partial charge on any atom is -0.477 e. The number of carboxylic acids is 1. The van der Waals surface area contributed by atoms with E-state index in [1.54, 1.807) is 0 Å². The van der Waals surface area contributed by atoms with Gasteiger partial charge in [0.05, 0.1) is 11.8 Å². The first-order chi connectivity index (χ1) is 8.70. The number of nitrogens with one attached hydrogen (secondary N) is 1. The van der Waals surface area contributed by atoms with Crippen LogP contribution in [0.4, 0.5) is 0 Å². The summed E-state index contributed by atoms with van der Waals surface area (Å²) in [4.78, 5) is 10.6. The van der Waals surface area contributed by atoms with Crippen molar-refractivity contribution in [2.45, 2.75) is 10.3 Å². The second-order valence-electron chi connectivity index (χ2n) is 3.81. The third-order valence-corrected chi connectivity index (χ3v) is 6.74. The zero-order valence-electron chi connectivity index (χ0n) is 9.31. The predicted molar refractivity (Wildman–Crippen MR) is 68.3 cm³/mol. The zero-order valence-corrected chi connectivity index (χ0v) is 11.8. The van der Waals surface area contributed by atoms with Crippen LogP contribution in [0.15, 0.2) is 27.8 Å². The van der Waals surface area contributed by atoms with E-state index in [9.17, 15) is 21.6 Å². The molecule has 0 bridgehead atoms. The van der Waals surface area contributed by atoms with Crippen LogP contribution in [0.1, 0.15) is 9.67 Å². The van der Waals surface area contributed by atoms with Crippen molar-refractivity contribution in [2.24, 2.45) is 0 Å². The number of rotatable bonds is 4. The Morgan fingerprint density at radius 2 is 2.11 bits per heavy atom. The number of carboxylic acid groups (broad SMARTS) is 1. The van der Waals surface area contributed by atoms with Crippen LogP contribution >= 0.6 is 11.3 Å². The maximum absolute atomic E-state index is 11.9. The second-order valence-corrected chi connectivity index (χ2v) is 8.77. The normalized spacial score (nSPS) is 21.6. The maximum atomic E-state index is 11.9. The minimum absolute atomic E-state index is 0.102. The summed E-state index contributed by atoms with van der Waals surface area (Å²) in [6.07, 6.45) is 1.25. The Hall–Kier alpha value is -1.23. The molecular formula is C9H9NO6S3. The van der Waals surface area contributed by atoms with Crippen LogP contribution in [0, 0.1) is 0 Å². The molecule has 0 spiro atoms. The van der Waals surface area contributed by atoms with Crippen LogP contribution in [0.25, 0.3) is 0 Å². The lowest BCUT2D eigenvalue weighted by molar-refractivity contribution is 0.0702. The lowest BCUT2D eigenvalue weighted by atomic mass is 10.4. The van der Waals surface area contributed by atoms with E-state index in [2.05, 4.69) is 4.72 Å². The van der Waals surface area contributed by atoms with Crippen molar-refractivity contribution in [2.75, 3.05) is 5.75 Å². The van der Waals surface area contributed by atoms with Crippen molar-refractivity contribution in [1.82, 2.24) is 4.72 Å². The lowest BCUT2D eigenvalue weighted by Crippen LogP contribution is -2.35. The molecule has 0 aromatic carbocycles. The third kappa shape index (κ3) is 3.21. The maximum Gasteiger partial charge on any atom is 0.345 e. The second kappa shape index (κ2) is 4.71. The van der Waals surface area contributed by atoms with Gasteiger partial charge in [-0.15, -0.1) is 11.3 Å². The van der Waals surface area contributed by atoms with E-state index in [4.69, 9.17) is 5.11 Å². The van der Waals surface area contributed by atoms with Gasteiger partial charge in [-0.3, -0.25) is 0 Å². The van der Waals surface area contributed by atoms with Crippen LogP contribution in [0.3, 0.4) is 0 Å². The topological polar surface area (TPSA) is 118 Å². The first-order valence-corrected chi connectivity index (χ1v) is 8.97. The fourth-order valence-electron chi connectivity index (χ4n) is 1.49. The van der Waals surface area contributed by atoms with Gasteiger partial charge in [0.1, 0.15) is 9.09 Å². The fourth-order valence-corrected chi connectivity index (χ4v) is 5.18. The first-order valence-electron chi connectivity index (χ1n) is 4.96. The van der Waals surface area contributed by atoms with Crippen LogP contribution in [-0.4, -0.2) is 39.7 Å². The SMILES string of the molecule is O=C(O)c1ccc(S(=O)(=O)NC2C=CS(=O)(=O)C2)s1. The molecule has 19 heavy (non-hydrogen) atoms. The Morgan fingerprint density at radius 1 is 1.42 bits per heavy atom. The molecule has 1 aromatic rings. The van der Waals surface area contributed by atoms with Crippen molar-refractivity contribution in [3.63, 3.8) is 0 Å². The van der Waals surface area contributed by atoms with E-state index in [0.717, 1.165) is 5.41 Å². The summed E-state index contributed by atoms with van der Waals surface area (Å²) >= 11 is 0.608. The number of hydrogen-bond donors (Lipinski definition) is 2. The number of thiophene rings is 1. The highest BCUT2D eigenvalue weighted by Gasteiger charge is 2.27. The van der Waals surface area contributed by atoms with E-state index >= 15 is 0 Å². The summed E-state index contributed by atoms with van der Waals surface area (Å²) in [5.41, 5.74) is 0. The van der Waals surface area contributed by atoms with Crippen LogP contribution in [-0.2, 0) is 19.9 Å². The smallest absolute Gasteiger partial charge is 0.345 e. The number of sulfone groups is 1. The molecule has 0 saturated carbocycles. The molecule has 1 aliphatic rings. The molecule has 0 radical (unpaired) electrons. The van der Waals surface area contributed by atoms with Crippen LogP contribution in [0.5, 0.6) is 0 Å². The fraction of sp³-hybridized carbons (Fsp3) is 0.222. The van der Waals surface area contributed by atoms with Gasteiger partial charge in [-0.05, 0) is 12.1 Å². The molecule has 0 fully saturated rings. The molecule has 2 rings (SSSR count). The molecule has 7 nitrogen and oxygen atoms in total. The summed E-state index contributed by atoms with van der Waals surface area (Å²) in [6, 6.07) is 1.53. The first kappa shape index (κ1) is 14.2. The van der Waals surface area contributed by atoms with Gasteiger partial charge in [0.15, 0.2) is 9.84 Å². The van der Waals surface area contributed by atoms with Gasteiger partial charge in [-0.2, -0.15) is 0 Å². The molecular weight excluding hydrogens is 314 g/mol. The molecule has 0 amide bonds. The van der Waals surface area contributed by atoms with Crippen molar-refractivity contribution < 1.29 is 26.7 Å². The molecule has 1 unspecified atom stereocenters. The van der Waals surface area contributed by atoms with E-state index < -0.39 is 31.9 Å². The van der Waals surface area contributed by atoms with Gasteiger partial charge in [0.25, 0.3) is 10.0 Å². The highest BCUT2D eigenvalue weighted by molar-refractivity contribution is 7.94. The van der Waals surface area contributed by atoms with Gasteiger partial charge >= 0.3 is 5.97 Å². The third-order valence-electron chi connectivity index (χ3n) is 2.29. The van der Waals surface area contributed by atoms with E-state index in [0.29, 0.717) is 11.3 Å². The predicted octanol–water partition coefficient (Wildman–Crippen LogP) is 0.0353. The molecule has 0 aliphatic carbocycles. The Morgan fingerprint density at radius 3 is 2.58 bits per heavy atom. The quantitative estimate of drug-likeness (QED) is 0.807. The Kier molecular flexibility index (Phi) is 3.51. The average molecular weight is 323 g/mol. The van der Waals surface area contributed by atoms with Crippen molar-refractivity contribution >= 4 is 37.2 Å². The van der Waals surface area contributed by atoms with Gasteiger partial charge in [0.2, 0.25) is 0 Å². The Balaban J connectivity index is 2.19. The summed E-state index contributed by atoms with van der Waals surface area (Å²) in [7, 11) is -7.27. The minimum atomic E-state index is -3.92. The largest absolute Gasteiger partial charge is 0.477 e. The highest BCUT2D eigenvalue weighted by Crippen LogP contribution is 2.22. The molecule has 2 heterocycles. The zero-order chi connectivity index (χ0) is 14.3. The average Bonchev–Trinajstić information content (AvgIpc) is 2.84. The van der Waals surface area contributed by atoms with Crippen molar-refractivity contribution in [3.05, 3.63) is 28.5 Å². The van der Waals surface area contributed by atoms with Crippen molar-refractivity contribution in [3.8, 4) is 0 Å². The Labute approximate surface area is 113 Å². The van der Waals surface area contributed by atoms with Gasteiger partial charge < -0.3 is 5.11 Å². The molecule has 1 atom stereocenters. The molecule has 1 aromatic heterocycles. The number of carbonyl (C=O) groups is 1. The van der Waals surface area contributed by atoms with Gasteiger partial charge in [0, 0.05) is 5.41 Å². The Bertz CT molecular complexity index is 743. The molecule has 2 N–H and O–H groups in total. The van der Waals surface area contributed by atoms with Gasteiger partial charge in [-0.25, -0.2) is 26.4 Å². The number of sulfonamides is 1. The standard InChI is InChI=1S/C9H9NO6S3/c11-9(12)7-1-2-8(17-7)19(15,16)10-6-3-4-18(13,14)5-6/h1-4,6,10H,5H2,(H,11,12). The van der Waals surface area contributed by atoms with Gasteiger partial charge in [-0.1, -0.05) is 6.08 Å². The monoisotopic (exact) mass is 323 g/mol. The van der Waals surface area contributed by atoms with Crippen LogP contribution in [0.2, 0.25) is 0 Å². The molecule has 0 saturated heterocycles. The van der Waals surface area contributed by atoms with Crippen molar-refractivity contribution in [1.29, 1.82) is 0 Å². The van der Waals surface area contributed by atoms with E-state index in [-0.39, 0.29) is 14.8 Å². The summed E-state index contributed by atoms with van der Waals surface area (Å²) in [5, 5.41) is 9.68. The summed E-state index contributed by atoms with van der Waals surface area (Å²) in [6.45, 7) is 0. The number of aromatic carboxylic acids is 1. The molecule has 10 heteroatoms. The summed E-state index contributed by atoms with van der Waals surface area (Å²) < 4.78 is 48.2. The molecule has 1 aliphatic heterocycles. The molecule has 104 valence electrons. The highest BCUT2D eigenvalue weighted by atomic mass is 32.2. The number of hydrogen-bond acceptors (Lipinski definition) is 6. The van der Waals surface area contributed by atoms with E-state index in [1.165, 1.54) is 18.2 Å². The summed E-state index contributed by atoms with van der Waals surface area (Å²) in [5.74, 6) is -1.54. The van der Waals surface area contributed by atoms with Crippen LogP contribution < -0.4 is 4.72 Å².